The molecule has 2 aromatic rings. The molecule has 174 valence electrons. The molecular weight excluding hydrogens is 607 g/mol. The van der Waals surface area contributed by atoms with Crippen LogP contribution in [0.5, 0.6) is 0 Å². The van der Waals surface area contributed by atoms with E-state index in [1.54, 1.807) is 0 Å². The molecule has 0 bridgehead atoms. The van der Waals surface area contributed by atoms with Crippen molar-refractivity contribution in [1.29, 1.82) is 0 Å². The van der Waals surface area contributed by atoms with Crippen molar-refractivity contribution in [3.63, 3.8) is 0 Å². The van der Waals surface area contributed by atoms with Gasteiger partial charge < -0.3 is 0 Å². The van der Waals surface area contributed by atoms with Crippen LogP contribution >= 0.6 is 26.9 Å². The Morgan fingerprint density at radius 1 is 0.581 bits per heavy atom. The zero-order chi connectivity index (χ0) is 23.6. The molecule has 0 radical (unpaired) electrons. The molecule has 2 aromatic carbocycles. The number of benzene rings is 2. The van der Waals surface area contributed by atoms with Gasteiger partial charge in [-0.3, -0.25) is 9.98 Å². The molecule has 0 saturated heterocycles. The topological polar surface area (TPSA) is 24.7 Å². The molecule has 31 heavy (non-hydrogen) atoms. The van der Waals surface area contributed by atoms with Crippen LogP contribution in [0.1, 0.15) is 101 Å². The summed E-state index contributed by atoms with van der Waals surface area (Å²) in [5.74, 6) is 1.77. The van der Waals surface area contributed by atoms with Gasteiger partial charge in [0.15, 0.2) is 0 Å². The Morgan fingerprint density at radius 2 is 0.806 bits per heavy atom. The third-order valence-electron chi connectivity index (χ3n) is 5.16. The van der Waals surface area contributed by atoms with Crippen LogP contribution in [0, 0.1) is 0 Å². The van der Waals surface area contributed by atoms with Gasteiger partial charge in [0.2, 0.25) is 0 Å². The molecule has 0 heterocycles. The van der Waals surface area contributed by atoms with Crippen molar-refractivity contribution in [2.24, 2.45) is 9.98 Å². The summed E-state index contributed by atoms with van der Waals surface area (Å²) in [7, 11) is 0. The molecule has 5 heteroatoms. The summed E-state index contributed by atoms with van der Waals surface area (Å²) >= 11 is 6.80. The van der Waals surface area contributed by atoms with E-state index in [0.29, 0.717) is 37.6 Å². The molecule has 2 rings (SSSR count). The Morgan fingerprint density at radius 3 is 1.00 bits per heavy atom. The standard InChI is InChI=1S/C26H36N2.2BrH.Pd/c1-17(2)21-11-9-12-22(18(3)4)25(21)27-15-16-28-26-23(19(5)6)13-10-14-24(26)20(7)8;;;/h9-20H,1-8H3;2*1H;/q;;;+2/p-2. The number of halogens is 2. The zero-order valence-corrected chi connectivity index (χ0v) is 24.6. The molecule has 0 aliphatic rings. The van der Waals surface area contributed by atoms with E-state index in [4.69, 9.17) is 9.98 Å². The van der Waals surface area contributed by atoms with Gasteiger partial charge in [-0.1, -0.05) is 91.8 Å². The van der Waals surface area contributed by atoms with Crippen molar-refractivity contribution in [3.8, 4) is 0 Å². The molecule has 0 N–H and O–H groups in total. The van der Waals surface area contributed by atoms with E-state index in [2.05, 4.69) is 119 Å². The fourth-order valence-corrected chi connectivity index (χ4v) is 3.54. The molecule has 0 unspecified atom stereocenters. The van der Waals surface area contributed by atoms with Gasteiger partial charge in [0.1, 0.15) is 0 Å². The summed E-state index contributed by atoms with van der Waals surface area (Å²) in [4.78, 5) is 9.68. The van der Waals surface area contributed by atoms with Gasteiger partial charge in [0, 0.05) is 12.4 Å². The number of aliphatic imine (C=N–C) groups is 2. The minimum atomic E-state index is 0.442. The van der Waals surface area contributed by atoms with Crippen molar-refractivity contribution in [2.45, 2.75) is 79.1 Å². The SMILES string of the molecule is CC(C)c1cccc(C(C)C)c1N=CC=Nc1c(C(C)C)cccc1C(C)C.[Br][Pd][Br]. The second-order valence-corrected chi connectivity index (χ2v) is 16.0. The van der Waals surface area contributed by atoms with E-state index in [0.717, 1.165) is 11.4 Å². The maximum absolute atomic E-state index is 4.84. The molecular formula is C26H36Br2N2Pd. The molecule has 0 aliphatic heterocycles. The third-order valence-corrected chi connectivity index (χ3v) is 5.16. The average Bonchev–Trinajstić information content (AvgIpc) is 2.71. The van der Waals surface area contributed by atoms with E-state index >= 15 is 0 Å². The number of para-hydroxylation sites is 2. The van der Waals surface area contributed by atoms with Gasteiger partial charge in [-0.05, 0) is 45.9 Å². The van der Waals surface area contributed by atoms with Crippen LogP contribution in [0.15, 0.2) is 46.4 Å². The Balaban J connectivity index is 0.00000151. The molecule has 0 saturated carbocycles. The summed E-state index contributed by atoms with van der Waals surface area (Å²) in [5.41, 5.74) is 7.37. The molecule has 0 spiro atoms. The first-order chi connectivity index (χ1) is 14.6. The minimum absolute atomic E-state index is 0.442. The molecule has 0 atom stereocenters. The second-order valence-electron chi connectivity index (χ2n) is 8.79. The van der Waals surface area contributed by atoms with Crippen molar-refractivity contribution < 1.29 is 13.9 Å². The second kappa shape index (κ2) is 14.5. The first-order valence-electron chi connectivity index (χ1n) is 10.8. The Kier molecular flexibility index (Phi) is 13.3. The first kappa shape index (κ1) is 28.4. The normalized spacial score (nSPS) is 12.1. The van der Waals surface area contributed by atoms with Crippen molar-refractivity contribution >= 4 is 50.7 Å². The monoisotopic (exact) mass is 640 g/mol. The van der Waals surface area contributed by atoms with Crippen molar-refractivity contribution in [3.05, 3.63) is 58.7 Å². The summed E-state index contributed by atoms with van der Waals surface area (Å²) in [6.45, 7) is 17.8. The summed E-state index contributed by atoms with van der Waals surface area (Å²) < 4.78 is 0. The van der Waals surface area contributed by atoms with E-state index in [9.17, 15) is 0 Å². The molecule has 0 fully saturated rings. The van der Waals surface area contributed by atoms with E-state index in [-0.39, 0.29) is 0 Å². The van der Waals surface area contributed by atoms with Crippen LogP contribution in [-0.2, 0) is 13.9 Å². The molecule has 0 aliphatic carbocycles. The quantitative estimate of drug-likeness (QED) is 0.212. The van der Waals surface area contributed by atoms with Crippen LogP contribution in [0.3, 0.4) is 0 Å². The van der Waals surface area contributed by atoms with Gasteiger partial charge in [0.25, 0.3) is 0 Å². The Labute approximate surface area is 211 Å². The molecule has 0 aromatic heterocycles. The number of hydrogen-bond acceptors (Lipinski definition) is 2. The van der Waals surface area contributed by atoms with E-state index in [1.807, 2.05) is 12.4 Å². The van der Waals surface area contributed by atoms with Gasteiger partial charge in [-0.2, -0.15) is 0 Å². The summed E-state index contributed by atoms with van der Waals surface area (Å²) in [6, 6.07) is 13.0. The molecule has 2 nitrogen and oxygen atoms in total. The zero-order valence-electron chi connectivity index (χ0n) is 19.9. The summed E-state index contributed by atoms with van der Waals surface area (Å²) in [5, 5.41) is 0. The summed E-state index contributed by atoms with van der Waals surface area (Å²) in [6.07, 6.45) is 3.71. The third kappa shape index (κ3) is 8.69. The van der Waals surface area contributed by atoms with Gasteiger partial charge in [0.05, 0.1) is 11.4 Å². The van der Waals surface area contributed by atoms with Crippen LogP contribution in [-0.4, -0.2) is 12.4 Å². The maximum atomic E-state index is 4.84. The number of rotatable bonds is 7. The fourth-order valence-electron chi connectivity index (χ4n) is 3.54. The van der Waals surface area contributed by atoms with E-state index < -0.39 is 0 Å². The number of hydrogen-bond donors (Lipinski definition) is 0. The first-order valence-corrected chi connectivity index (χ1v) is 17.9. The van der Waals surface area contributed by atoms with Crippen LogP contribution < -0.4 is 0 Å². The van der Waals surface area contributed by atoms with Crippen LogP contribution in [0.2, 0.25) is 0 Å². The van der Waals surface area contributed by atoms with Gasteiger partial charge in [-0.25, -0.2) is 0 Å². The van der Waals surface area contributed by atoms with Crippen molar-refractivity contribution in [1.82, 2.24) is 0 Å². The van der Waals surface area contributed by atoms with E-state index in [1.165, 1.54) is 22.3 Å². The Hall–Kier alpha value is -0.598. The predicted octanol–water partition coefficient (Wildman–Crippen LogP) is 9.97. The Bertz CT molecular complexity index is 748. The van der Waals surface area contributed by atoms with Gasteiger partial charge >= 0.3 is 40.8 Å². The number of nitrogens with zero attached hydrogens (tertiary/aromatic N) is 2. The van der Waals surface area contributed by atoms with Crippen LogP contribution in [0.25, 0.3) is 0 Å². The predicted molar refractivity (Wildman–Crippen MR) is 143 cm³/mol. The molecule has 0 amide bonds. The van der Waals surface area contributed by atoms with Crippen molar-refractivity contribution in [2.75, 3.05) is 0 Å². The average molecular weight is 643 g/mol. The van der Waals surface area contributed by atoms with Crippen LogP contribution in [0.4, 0.5) is 11.4 Å². The van der Waals surface area contributed by atoms with Gasteiger partial charge in [-0.15, -0.1) is 0 Å². The fraction of sp³-hybridized carbons (Fsp3) is 0.462.